The maximum absolute atomic E-state index is 12.0. The van der Waals surface area contributed by atoms with Crippen LogP contribution in [0.4, 0.5) is 0 Å². The van der Waals surface area contributed by atoms with E-state index in [2.05, 4.69) is 33.4 Å². The maximum Gasteiger partial charge on any atom is 0.303 e. The Bertz CT molecular complexity index is 689. The molecule has 0 saturated heterocycles. The molecular weight excluding hydrogens is 368 g/mol. The summed E-state index contributed by atoms with van der Waals surface area (Å²) in [6.07, 6.45) is 5.89. The van der Waals surface area contributed by atoms with Crippen molar-refractivity contribution in [2.45, 2.75) is 92.0 Å². The number of rotatable bonds is 5. The van der Waals surface area contributed by atoms with Crippen molar-refractivity contribution < 1.29 is 24.2 Å². The van der Waals surface area contributed by atoms with Crippen LogP contribution in [0.1, 0.15) is 74.1 Å². The summed E-state index contributed by atoms with van der Waals surface area (Å²) in [5.74, 6) is -1.11. The Kier molecular flexibility index (Phi) is 6.73. The first-order valence-electron chi connectivity index (χ1n) is 10.6. The molecule has 0 aromatic heterocycles. The van der Waals surface area contributed by atoms with Crippen LogP contribution in [-0.2, 0) is 19.1 Å². The number of aliphatic hydroxyl groups is 1. The van der Waals surface area contributed by atoms with E-state index in [0.29, 0.717) is 6.42 Å². The van der Waals surface area contributed by atoms with E-state index >= 15 is 0 Å². The maximum atomic E-state index is 12.0. The van der Waals surface area contributed by atoms with Gasteiger partial charge in [-0.15, -0.1) is 0 Å². The number of esters is 2. The lowest BCUT2D eigenvalue weighted by Gasteiger charge is -2.64. The summed E-state index contributed by atoms with van der Waals surface area (Å²) in [6.45, 7) is 16.8. The number of ether oxygens (including phenoxy) is 2. The minimum absolute atomic E-state index is 0.0420. The summed E-state index contributed by atoms with van der Waals surface area (Å²) in [4.78, 5) is 24.0. The van der Waals surface area contributed by atoms with Gasteiger partial charge in [0.25, 0.3) is 0 Å². The molecule has 2 rings (SSSR count). The van der Waals surface area contributed by atoms with Gasteiger partial charge in [0.1, 0.15) is 11.7 Å². The van der Waals surface area contributed by atoms with Crippen molar-refractivity contribution in [1.29, 1.82) is 0 Å². The number of carbonyl (C=O) groups excluding carboxylic acids is 2. The van der Waals surface area contributed by atoms with Crippen LogP contribution in [0.25, 0.3) is 0 Å². The average Bonchev–Trinajstić information content (AvgIpc) is 2.56. The molecule has 5 nitrogen and oxygen atoms in total. The minimum Gasteiger partial charge on any atom is -0.458 e. The van der Waals surface area contributed by atoms with Crippen molar-refractivity contribution in [2.24, 2.45) is 22.7 Å². The fourth-order valence-corrected chi connectivity index (χ4v) is 6.29. The third-order valence-electron chi connectivity index (χ3n) is 7.39. The van der Waals surface area contributed by atoms with Crippen LogP contribution < -0.4 is 0 Å². The molecule has 164 valence electrons. The van der Waals surface area contributed by atoms with Crippen molar-refractivity contribution in [2.75, 3.05) is 0 Å². The molecule has 0 unspecified atom stereocenters. The number of allylic oxidation sites excluding steroid dienone is 3. The van der Waals surface area contributed by atoms with E-state index in [1.165, 1.54) is 13.8 Å². The zero-order valence-electron chi connectivity index (χ0n) is 19.1. The molecule has 0 bridgehead atoms. The largest absolute Gasteiger partial charge is 0.458 e. The van der Waals surface area contributed by atoms with E-state index in [0.717, 1.165) is 24.8 Å². The van der Waals surface area contributed by atoms with Gasteiger partial charge in [-0.3, -0.25) is 9.59 Å². The van der Waals surface area contributed by atoms with Crippen molar-refractivity contribution in [3.63, 3.8) is 0 Å². The van der Waals surface area contributed by atoms with Gasteiger partial charge in [0.15, 0.2) is 6.10 Å². The number of hydrogen-bond acceptors (Lipinski definition) is 5. The van der Waals surface area contributed by atoms with E-state index < -0.39 is 29.7 Å². The molecule has 2 aliphatic carbocycles. The quantitative estimate of drug-likeness (QED) is 0.534. The third kappa shape index (κ3) is 4.45. The Morgan fingerprint density at radius 2 is 1.66 bits per heavy atom. The van der Waals surface area contributed by atoms with Gasteiger partial charge in [-0.1, -0.05) is 51.5 Å². The lowest BCUT2D eigenvalue weighted by molar-refractivity contribution is -0.275. The lowest BCUT2D eigenvalue weighted by atomic mass is 9.43. The van der Waals surface area contributed by atoms with Gasteiger partial charge in [-0.05, 0) is 43.9 Å². The molecule has 6 atom stereocenters. The topological polar surface area (TPSA) is 72.8 Å². The standard InChI is InChI=1S/C24H38O5/c1-9-15(2)11-12-18-23(7)14-10-13-22(5,6)20(23)19(28-16(3)25)21(24(18,8)27)29-17(4)26/h9,11,18-21,27H,1,10,12-14H2,2-8H3/b15-11+/t18-,19-,20+,21+,23-,24+/m0/s1. The first-order valence-corrected chi connectivity index (χ1v) is 10.6. The van der Waals surface area contributed by atoms with Gasteiger partial charge in [-0.25, -0.2) is 0 Å². The molecule has 5 heteroatoms. The van der Waals surface area contributed by atoms with Crippen molar-refractivity contribution in [3.8, 4) is 0 Å². The van der Waals surface area contributed by atoms with Crippen LogP contribution in [0.3, 0.4) is 0 Å². The Morgan fingerprint density at radius 3 is 2.17 bits per heavy atom. The van der Waals surface area contributed by atoms with Crippen molar-refractivity contribution >= 4 is 11.9 Å². The zero-order chi connectivity index (χ0) is 22.2. The summed E-state index contributed by atoms with van der Waals surface area (Å²) < 4.78 is 11.5. The van der Waals surface area contributed by atoms with Crippen molar-refractivity contribution in [1.82, 2.24) is 0 Å². The first kappa shape index (κ1) is 23.7. The van der Waals surface area contributed by atoms with Crippen LogP contribution in [0.15, 0.2) is 24.3 Å². The molecule has 0 spiro atoms. The van der Waals surface area contributed by atoms with E-state index in [9.17, 15) is 14.7 Å². The normalized spacial score (nSPS) is 39.2. The molecule has 1 N–H and O–H groups in total. The lowest BCUT2D eigenvalue weighted by Crippen LogP contribution is -2.71. The fraction of sp³-hybridized carbons (Fsp3) is 0.750. The second-order valence-electron chi connectivity index (χ2n) is 10.1. The summed E-state index contributed by atoms with van der Waals surface area (Å²) in [5.41, 5.74) is -0.706. The Morgan fingerprint density at radius 1 is 1.07 bits per heavy atom. The van der Waals surface area contributed by atoms with Crippen LogP contribution in [0.5, 0.6) is 0 Å². The summed E-state index contributed by atoms with van der Waals surface area (Å²) in [6, 6.07) is 0. The molecule has 2 aliphatic rings. The number of carbonyl (C=O) groups is 2. The number of hydrogen-bond donors (Lipinski definition) is 1. The smallest absolute Gasteiger partial charge is 0.303 e. The first-order chi connectivity index (χ1) is 13.3. The average molecular weight is 407 g/mol. The van der Waals surface area contributed by atoms with Crippen LogP contribution in [-0.4, -0.2) is 34.9 Å². The molecule has 29 heavy (non-hydrogen) atoms. The summed E-state index contributed by atoms with van der Waals surface area (Å²) in [5, 5.41) is 11.8. The molecule has 0 aromatic rings. The Labute approximate surface area is 175 Å². The Balaban J connectivity index is 2.67. The highest BCUT2D eigenvalue weighted by molar-refractivity contribution is 5.67. The second-order valence-corrected chi connectivity index (χ2v) is 10.1. The fourth-order valence-electron chi connectivity index (χ4n) is 6.29. The van der Waals surface area contributed by atoms with E-state index in [-0.39, 0.29) is 22.7 Å². The minimum atomic E-state index is -1.34. The molecule has 0 aromatic carbocycles. The SMILES string of the molecule is C=C/C(C)=C/C[C@@H]1[C@@](C)(O)[C@H](OC(C)=O)[C@@H](OC(C)=O)[C@@H]2C(C)(C)CCC[C@]21C. The monoisotopic (exact) mass is 406 g/mol. The predicted molar refractivity (Wildman–Crippen MR) is 113 cm³/mol. The van der Waals surface area contributed by atoms with E-state index in [1.54, 1.807) is 13.0 Å². The highest BCUT2D eigenvalue weighted by Gasteiger charge is 2.67. The molecule has 0 radical (unpaired) electrons. The van der Waals surface area contributed by atoms with Crippen LogP contribution in [0.2, 0.25) is 0 Å². The summed E-state index contributed by atoms with van der Waals surface area (Å²) >= 11 is 0. The van der Waals surface area contributed by atoms with Gasteiger partial charge in [0, 0.05) is 25.7 Å². The zero-order valence-corrected chi connectivity index (χ0v) is 19.1. The van der Waals surface area contributed by atoms with Gasteiger partial charge in [0.2, 0.25) is 0 Å². The highest BCUT2D eigenvalue weighted by Crippen LogP contribution is 2.64. The second kappa shape index (κ2) is 8.25. The number of fused-ring (bicyclic) bond motifs is 1. The predicted octanol–water partition coefficient (Wildman–Crippen LogP) is 4.59. The highest BCUT2D eigenvalue weighted by atomic mass is 16.6. The molecule has 2 saturated carbocycles. The van der Waals surface area contributed by atoms with E-state index in [1.807, 2.05) is 6.92 Å². The molecule has 2 fully saturated rings. The summed E-state index contributed by atoms with van der Waals surface area (Å²) in [7, 11) is 0. The molecular formula is C24H38O5. The van der Waals surface area contributed by atoms with Gasteiger partial charge in [0.05, 0.1) is 0 Å². The molecule has 0 amide bonds. The van der Waals surface area contributed by atoms with Crippen LogP contribution in [0, 0.1) is 22.7 Å². The van der Waals surface area contributed by atoms with Gasteiger partial charge in [-0.2, -0.15) is 0 Å². The Hall–Kier alpha value is -1.62. The molecule has 0 heterocycles. The van der Waals surface area contributed by atoms with E-state index in [4.69, 9.17) is 9.47 Å². The van der Waals surface area contributed by atoms with Gasteiger partial charge >= 0.3 is 11.9 Å². The third-order valence-corrected chi connectivity index (χ3v) is 7.39. The van der Waals surface area contributed by atoms with Crippen LogP contribution >= 0.6 is 0 Å². The van der Waals surface area contributed by atoms with Gasteiger partial charge < -0.3 is 14.6 Å². The van der Waals surface area contributed by atoms with Crippen molar-refractivity contribution in [3.05, 3.63) is 24.3 Å². The molecule has 0 aliphatic heterocycles.